The van der Waals surface area contributed by atoms with E-state index in [9.17, 15) is 13.2 Å². The maximum atomic E-state index is 11.9. The minimum Gasteiger partial charge on any atom is -0.325 e. The quantitative estimate of drug-likeness (QED) is 0.742. The van der Waals surface area contributed by atoms with Crippen LogP contribution in [0, 0.1) is 0 Å². The summed E-state index contributed by atoms with van der Waals surface area (Å²) in [4.78, 5) is 13.5. The number of carbonyl (C=O) groups is 1. The summed E-state index contributed by atoms with van der Waals surface area (Å²) in [5.41, 5.74) is 0. The zero-order valence-corrected chi connectivity index (χ0v) is 10.9. The Morgan fingerprint density at radius 3 is 2.56 bits per heavy atom. The average Bonchev–Trinajstić information content (AvgIpc) is 2.39. The Labute approximate surface area is 97.1 Å². The number of amides is 1. The molecule has 6 heteroatoms. The average molecular weight is 248 g/mol. The van der Waals surface area contributed by atoms with Crippen molar-refractivity contribution in [1.82, 2.24) is 10.2 Å². The zero-order chi connectivity index (χ0) is 12.3. The molecule has 2 unspecified atom stereocenters. The summed E-state index contributed by atoms with van der Waals surface area (Å²) in [7, 11) is -3.01. The normalized spacial score (nSPS) is 26.4. The van der Waals surface area contributed by atoms with Gasteiger partial charge >= 0.3 is 0 Å². The van der Waals surface area contributed by atoms with Gasteiger partial charge in [0.1, 0.15) is 9.84 Å². The molecule has 1 aliphatic heterocycles. The molecule has 1 aliphatic rings. The lowest BCUT2D eigenvalue weighted by molar-refractivity contribution is -0.129. The Morgan fingerprint density at radius 1 is 1.44 bits per heavy atom. The van der Waals surface area contributed by atoms with Gasteiger partial charge in [0.05, 0.1) is 18.0 Å². The van der Waals surface area contributed by atoms with Crippen molar-refractivity contribution in [3.8, 4) is 0 Å². The molecular weight excluding hydrogens is 228 g/mol. The number of nitrogens with zero attached hydrogens (tertiary/aromatic N) is 1. The molecule has 0 aromatic carbocycles. The van der Waals surface area contributed by atoms with Crippen molar-refractivity contribution in [3.05, 3.63) is 0 Å². The predicted octanol–water partition coefficient (Wildman–Crippen LogP) is -0.0225. The molecule has 1 N–H and O–H groups in total. The zero-order valence-electron chi connectivity index (χ0n) is 10.1. The van der Waals surface area contributed by atoms with Gasteiger partial charge in [-0.3, -0.25) is 10.1 Å². The Kier molecular flexibility index (Phi) is 4.32. The molecule has 0 aromatic rings. The number of nitrogens with one attached hydrogen (secondary N) is 1. The van der Waals surface area contributed by atoms with E-state index in [1.807, 2.05) is 13.8 Å². The van der Waals surface area contributed by atoms with E-state index in [4.69, 9.17) is 0 Å². The van der Waals surface area contributed by atoms with Gasteiger partial charge in [0, 0.05) is 12.8 Å². The third kappa shape index (κ3) is 3.45. The van der Waals surface area contributed by atoms with E-state index < -0.39 is 9.84 Å². The SMILES string of the molecule is CCCC1NC(C)N(CCS(C)(=O)=O)C1=O. The number of sulfone groups is 1. The first-order valence-electron chi connectivity index (χ1n) is 5.59. The second-order valence-corrected chi connectivity index (χ2v) is 6.61. The third-order valence-electron chi connectivity index (χ3n) is 2.77. The lowest BCUT2D eigenvalue weighted by Crippen LogP contribution is -2.38. The minimum absolute atomic E-state index is 0.0259. The number of rotatable bonds is 5. The molecule has 1 amide bonds. The number of hydrogen-bond donors (Lipinski definition) is 1. The van der Waals surface area contributed by atoms with E-state index in [-0.39, 0.29) is 30.4 Å². The summed E-state index contributed by atoms with van der Waals surface area (Å²) in [5.74, 6) is 0.0573. The van der Waals surface area contributed by atoms with Crippen molar-refractivity contribution < 1.29 is 13.2 Å². The highest BCUT2D eigenvalue weighted by molar-refractivity contribution is 7.90. The summed E-state index contributed by atoms with van der Waals surface area (Å²) in [6, 6.07) is -0.139. The Morgan fingerprint density at radius 2 is 2.06 bits per heavy atom. The van der Waals surface area contributed by atoms with Gasteiger partial charge in [-0.05, 0) is 13.3 Å². The van der Waals surface area contributed by atoms with Crippen LogP contribution in [0.15, 0.2) is 0 Å². The van der Waals surface area contributed by atoms with Gasteiger partial charge in [-0.1, -0.05) is 13.3 Å². The first kappa shape index (κ1) is 13.4. The van der Waals surface area contributed by atoms with Gasteiger partial charge in [-0.15, -0.1) is 0 Å². The predicted molar refractivity (Wildman–Crippen MR) is 62.7 cm³/mol. The number of hydrogen-bond acceptors (Lipinski definition) is 4. The van der Waals surface area contributed by atoms with E-state index in [1.165, 1.54) is 6.26 Å². The highest BCUT2D eigenvalue weighted by Crippen LogP contribution is 2.14. The van der Waals surface area contributed by atoms with E-state index in [0.29, 0.717) is 0 Å². The van der Waals surface area contributed by atoms with Crippen LogP contribution >= 0.6 is 0 Å². The van der Waals surface area contributed by atoms with E-state index in [1.54, 1.807) is 4.90 Å². The van der Waals surface area contributed by atoms with Gasteiger partial charge < -0.3 is 4.90 Å². The van der Waals surface area contributed by atoms with E-state index >= 15 is 0 Å². The Bertz CT molecular complexity index is 353. The summed E-state index contributed by atoms with van der Waals surface area (Å²) >= 11 is 0. The maximum Gasteiger partial charge on any atom is 0.241 e. The maximum absolute atomic E-state index is 11.9. The summed E-state index contributed by atoms with van der Waals surface area (Å²) in [5, 5.41) is 3.17. The Hall–Kier alpha value is -0.620. The van der Waals surface area contributed by atoms with Crippen LogP contribution in [0.3, 0.4) is 0 Å². The van der Waals surface area contributed by atoms with Gasteiger partial charge in [-0.2, -0.15) is 0 Å². The van der Waals surface area contributed by atoms with Crippen LogP contribution in [0.2, 0.25) is 0 Å². The lowest BCUT2D eigenvalue weighted by Gasteiger charge is -2.20. The molecule has 0 bridgehead atoms. The van der Waals surface area contributed by atoms with Gasteiger partial charge in [0.15, 0.2) is 0 Å². The largest absolute Gasteiger partial charge is 0.325 e. The first-order valence-corrected chi connectivity index (χ1v) is 7.65. The van der Waals surface area contributed by atoms with Crippen LogP contribution in [0.1, 0.15) is 26.7 Å². The van der Waals surface area contributed by atoms with Crippen LogP contribution in [0.4, 0.5) is 0 Å². The van der Waals surface area contributed by atoms with Gasteiger partial charge in [0.25, 0.3) is 0 Å². The van der Waals surface area contributed by atoms with Crippen LogP contribution in [-0.4, -0.2) is 50.0 Å². The van der Waals surface area contributed by atoms with Crippen molar-refractivity contribution >= 4 is 15.7 Å². The molecule has 94 valence electrons. The summed E-state index contributed by atoms with van der Waals surface area (Å²) < 4.78 is 22.1. The molecule has 1 fully saturated rings. The molecule has 5 nitrogen and oxygen atoms in total. The second-order valence-electron chi connectivity index (χ2n) is 4.35. The van der Waals surface area contributed by atoms with Crippen molar-refractivity contribution in [2.45, 2.75) is 38.9 Å². The van der Waals surface area contributed by atoms with Crippen molar-refractivity contribution in [3.63, 3.8) is 0 Å². The smallest absolute Gasteiger partial charge is 0.241 e. The van der Waals surface area contributed by atoms with Crippen molar-refractivity contribution in [1.29, 1.82) is 0 Å². The van der Waals surface area contributed by atoms with Crippen molar-refractivity contribution in [2.75, 3.05) is 18.6 Å². The number of carbonyl (C=O) groups excluding carboxylic acids is 1. The minimum atomic E-state index is -3.01. The van der Waals surface area contributed by atoms with Gasteiger partial charge in [-0.25, -0.2) is 8.42 Å². The van der Waals surface area contributed by atoms with Crippen LogP contribution in [-0.2, 0) is 14.6 Å². The fourth-order valence-electron chi connectivity index (χ4n) is 1.91. The molecule has 0 saturated carbocycles. The summed E-state index contributed by atoms with van der Waals surface area (Å²) in [6.45, 7) is 4.20. The van der Waals surface area contributed by atoms with E-state index in [2.05, 4.69) is 5.32 Å². The molecule has 0 aromatic heterocycles. The molecule has 0 radical (unpaired) electrons. The summed E-state index contributed by atoms with van der Waals surface area (Å²) in [6.07, 6.45) is 2.87. The molecule has 0 aliphatic carbocycles. The van der Waals surface area contributed by atoms with Crippen molar-refractivity contribution in [2.24, 2.45) is 0 Å². The molecule has 2 atom stereocenters. The fourth-order valence-corrected chi connectivity index (χ4v) is 2.44. The lowest BCUT2D eigenvalue weighted by atomic mass is 10.2. The molecule has 1 heterocycles. The second kappa shape index (κ2) is 5.14. The molecule has 1 saturated heterocycles. The highest BCUT2D eigenvalue weighted by Gasteiger charge is 2.35. The monoisotopic (exact) mass is 248 g/mol. The van der Waals surface area contributed by atoms with Crippen LogP contribution < -0.4 is 5.32 Å². The van der Waals surface area contributed by atoms with E-state index in [0.717, 1.165) is 12.8 Å². The Balaban J connectivity index is 2.57. The highest BCUT2D eigenvalue weighted by atomic mass is 32.2. The van der Waals surface area contributed by atoms with Crippen LogP contribution in [0.5, 0.6) is 0 Å². The molecule has 16 heavy (non-hydrogen) atoms. The van der Waals surface area contributed by atoms with Crippen LogP contribution in [0.25, 0.3) is 0 Å². The fraction of sp³-hybridized carbons (Fsp3) is 0.900. The molecule has 1 rings (SSSR count). The molecular formula is C10H20N2O3S. The standard InChI is InChI=1S/C10H20N2O3S/c1-4-5-9-10(13)12(8(2)11-9)6-7-16(3,14)15/h8-9,11H,4-7H2,1-3H3. The third-order valence-corrected chi connectivity index (χ3v) is 3.70. The first-order chi connectivity index (χ1) is 7.35. The topological polar surface area (TPSA) is 66.5 Å². The molecule has 0 spiro atoms. The van der Waals surface area contributed by atoms with Gasteiger partial charge in [0.2, 0.25) is 5.91 Å².